The monoisotopic (exact) mass is 294 g/mol. The summed E-state index contributed by atoms with van der Waals surface area (Å²) in [5, 5.41) is 7.23. The summed E-state index contributed by atoms with van der Waals surface area (Å²) in [5.41, 5.74) is 0.650. The van der Waals surface area contributed by atoms with Crippen LogP contribution in [0.4, 0.5) is 5.95 Å². The second-order valence-corrected chi connectivity index (χ2v) is 5.01. The summed E-state index contributed by atoms with van der Waals surface area (Å²) in [7, 11) is 0. The van der Waals surface area contributed by atoms with E-state index in [1.807, 2.05) is 18.2 Å². The number of hydrogen-bond donors (Lipinski definition) is 3. The van der Waals surface area contributed by atoms with Crippen molar-refractivity contribution in [1.29, 1.82) is 0 Å². The van der Waals surface area contributed by atoms with Crippen LogP contribution in [0, 0.1) is 5.92 Å². The molecule has 0 saturated carbocycles. The van der Waals surface area contributed by atoms with Crippen LogP contribution >= 0.6 is 12.4 Å². The highest BCUT2D eigenvalue weighted by Crippen LogP contribution is 2.13. The number of benzene rings is 1. The molecule has 1 aromatic carbocycles. The van der Waals surface area contributed by atoms with Gasteiger partial charge in [-0.2, -0.15) is 4.98 Å². The highest BCUT2D eigenvalue weighted by atomic mass is 35.5. The first kappa shape index (κ1) is 14.8. The minimum absolute atomic E-state index is 0. The third kappa shape index (κ3) is 3.29. The summed E-state index contributed by atoms with van der Waals surface area (Å²) in [4.78, 5) is 19.1. The number of H-pyrrole nitrogens is 1. The number of aromatic amines is 1. The maximum absolute atomic E-state index is 11.9. The zero-order chi connectivity index (χ0) is 13.1. The SMILES string of the molecule is Cl.O=c1nc(NCC2CCNCC2)[nH]c2ccccc12. The van der Waals surface area contributed by atoms with Crippen molar-refractivity contribution in [3.63, 3.8) is 0 Å². The summed E-state index contributed by atoms with van der Waals surface area (Å²) >= 11 is 0. The van der Waals surface area contributed by atoms with E-state index in [-0.39, 0.29) is 18.0 Å². The zero-order valence-electron chi connectivity index (χ0n) is 11.2. The summed E-state index contributed by atoms with van der Waals surface area (Å²) in [6, 6.07) is 7.45. The van der Waals surface area contributed by atoms with E-state index in [1.165, 1.54) is 12.8 Å². The van der Waals surface area contributed by atoms with E-state index in [0.717, 1.165) is 25.2 Å². The predicted octanol–water partition coefficient (Wildman–Crippen LogP) is 1.76. The molecule has 1 fully saturated rings. The van der Waals surface area contributed by atoms with Crippen LogP contribution in [-0.2, 0) is 0 Å². The third-order valence-electron chi connectivity index (χ3n) is 3.64. The molecule has 6 heteroatoms. The van der Waals surface area contributed by atoms with Crippen LogP contribution in [0.15, 0.2) is 29.1 Å². The Kier molecular flexibility index (Phi) is 4.98. The van der Waals surface area contributed by atoms with Gasteiger partial charge in [-0.25, -0.2) is 0 Å². The Balaban J connectivity index is 0.00000147. The van der Waals surface area contributed by atoms with Crippen LogP contribution < -0.4 is 16.2 Å². The number of nitrogens with zero attached hydrogens (tertiary/aromatic N) is 1. The number of rotatable bonds is 3. The van der Waals surface area contributed by atoms with Gasteiger partial charge in [0.2, 0.25) is 5.95 Å². The van der Waals surface area contributed by atoms with E-state index in [0.29, 0.717) is 17.3 Å². The lowest BCUT2D eigenvalue weighted by Crippen LogP contribution is -2.31. The van der Waals surface area contributed by atoms with Crippen LogP contribution in [0.25, 0.3) is 10.9 Å². The van der Waals surface area contributed by atoms with Gasteiger partial charge < -0.3 is 15.6 Å². The summed E-state index contributed by atoms with van der Waals surface area (Å²) in [5.74, 6) is 1.22. The Morgan fingerprint density at radius 1 is 1.25 bits per heavy atom. The molecule has 0 radical (unpaired) electrons. The third-order valence-corrected chi connectivity index (χ3v) is 3.64. The molecular weight excluding hydrogens is 276 g/mol. The van der Waals surface area contributed by atoms with Gasteiger partial charge in [0.1, 0.15) is 0 Å². The molecule has 1 saturated heterocycles. The summed E-state index contributed by atoms with van der Waals surface area (Å²) in [6.07, 6.45) is 2.34. The van der Waals surface area contributed by atoms with Crippen molar-refractivity contribution in [2.24, 2.45) is 5.92 Å². The van der Waals surface area contributed by atoms with Crippen molar-refractivity contribution in [1.82, 2.24) is 15.3 Å². The van der Waals surface area contributed by atoms with Crippen molar-refractivity contribution >= 4 is 29.3 Å². The van der Waals surface area contributed by atoms with Gasteiger partial charge in [0.05, 0.1) is 10.9 Å². The number of aromatic nitrogens is 2. The molecule has 2 aromatic rings. The summed E-state index contributed by atoms with van der Waals surface area (Å²) < 4.78 is 0. The van der Waals surface area contributed by atoms with Crippen molar-refractivity contribution < 1.29 is 0 Å². The number of anilines is 1. The number of hydrogen-bond acceptors (Lipinski definition) is 4. The molecule has 20 heavy (non-hydrogen) atoms. The van der Waals surface area contributed by atoms with Crippen LogP contribution in [0.2, 0.25) is 0 Å². The van der Waals surface area contributed by atoms with E-state index >= 15 is 0 Å². The Labute approximate surface area is 123 Å². The minimum Gasteiger partial charge on any atom is -0.355 e. The van der Waals surface area contributed by atoms with E-state index in [9.17, 15) is 4.79 Å². The number of para-hydroxylation sites is 1. The van der Waals surface area contributed by atoms with Crippen molar-refractivity contribution in [2.75, 3.05) is 25.0 Å². The van der Waals surface area contributed by atoms with Gasteiger partial charge in [0.25, 0.3) is 5.56 Å². The van der Waals surface area contributed by atoms with Gasteiger partial charge in [0.15, 0.2) is 0 Å². The second kappa shape index (κ2) is 6.72. The first-order chi connectivity index (χ1) is 9.33. The van der Waals surface area contributed by atoms with Crippen LogP contribution in [0.1, 0.15) is 12.8 Å². The molecule has 1 aromatic heterocycles. The Bertz CT molecular complexity index is 622. The number of halogens is 1. The average Bonchev–Trinajstić information content (AvgIpc) is 2.46. The van der Waals surface area contributed by atoms with Gasteiger partial charge in [0, 0.05) is 6.54 Å². The molecule has 5 nitrogen and oxygen atoms in total. The first-order valence-electron chi connectivity index (χ1n) is 6.76. The maximum atomic E-state index is 11.9. The second-order valence-electron chi connectivity index (χ2n) is 5.01. The Hall–Kier alpha value is -1.59. The molecule has 0 aliphatic carbocycles. The van der Waals surface area contributed by atoms with Gasteiger partial charge in [-0.1, -0.05) is 12.1 Å². The quantitative estimate of drug-likeness (QED) is 0.807. The van der Waals surface area contributed by atoms with E-state index in [4.69, 9.17) is 0 Å². The zero-order valence-corrected chi connectivity index (χ0v) is 12.0. The molecule has 0 atom stereocenters. The molecule has 108 valence electrons. The molecule has 0 amide bonds. The Morgan fingerprint density at radius 3 is 2.80 bits per heavy atom. The van der Waals surface area contributed by atoms with Crippen molar-refractivity contribution in [3.05, 3.63) is 34.6 Å². The maximum Gasteiger partial charge on any atom is 0.282 e. The fourth-order valence-corrected chi connectivity index (χ4v) is 2.51. The highest BCUT2D eigenvalue weighted by Gasteiger charge is 2.13. The average molecular weight is 295 g/mol. The molecule has 2 heterocycles. The van der Waals surface area contributed by atoms with E-state index in [1.54, 1.807) is 6.07 Å². The van der Waals surface area contributed by atoms with Gasteiger partial charge in [-0.05, 0) is 44.0 Å². The normalized spacial score (nSPS) is 15.8. The fourth-order valence-electron chi connectivity index (χ4n) is 2.51. The topological polar surface area (TPSA) is 69.8 Å². The largest absolute Gasteiger partial charge is 0.355 e. The molecular formula is C14H19ClN4O. The molecule has 0 bridgehead atoms. The molecule has 3 N–H and O–H groups in total. The fraction of sp³-hybridized carbons (Fsp3) is 0.429. The van der Waals surface area contributed by atoms with Gasteiger partial charge in [-0.3, -0.25) is 4.79 Å². The minimum atomic E-state index is -0.179. The molecule has 1 aliphatic heterocycles. The molecule has 0 spiro atoms. The first-order valence-corrected chi connectivity index (χ1v) is 6.76. The van der Waals surface area contributed by atoms with E-state index in [2.05, 4.69) is 20.6 Å². The lowest BCUT2D eigenvalue weighted by Gasteiger charge is -2.22. The number of nitrogens with one attached hydrogen (secondary N) is 3. The predicted molar refractivity (Wildman–Crippen MR) is 83.7 cm³/mol. The van der Waals surface area contributed by atoms with Gasteiger partial charge in [-0.15, -0.1) is 12.4 Å². The van der Waals surface area contributed by atoms with E-state index < -0.39 is 0 Å². The number of fused-ring (bicyclic) bond motifs is 1. The molecule has 3 rings (SSSR count). The molecule has 1 aliphatic rings. The smallest absolute Gasteiger partial charge is 0.282 e. The molecule has 0 unspecified atom stereocenters. The van der Waals surface area contributed by atoms with Crippen molar-refractivity contribution in [3.8, 4) is 0 Å². The van der Waals surface area contributed by atoms with Crippen molar-refractivity contribution in [2.45, 2.75) is 12.8 Å². The highest BCUT2D eigenvalue weighted by molar-refractivity contribution is 5.85. The number of piperidine rings is 1. The Morgan fingerprint density at radius 2 is 2.00 bits per heavy atom. The standard InChI is InChI=1S/C14H18N4O.ClH/c19-13-11-3-1-2-4-12(11)17-14(18-13)16-9-10-5-7-15-8-6-10;/h1-4,10,15H,5-9H2,(H2,16,17,18,19);1H. The lowest BCUT2D eigenvalue weighted by atomic mass is 9.98. The lowest BCUT2D eigenvalue weighted by molar-refractivity contribution is 0.389. The van der Waals surface area contributed by atoms with Gasteiger partial charge >= 0.3 is 0 Å². The van der Waals surface area contributed by atoms with Crippen LogP contribution in [-0.4, -0.2) is 29.6 Å². The summed E-state index contributed by atoms with van der Waals surface area (Å²) in [6.45, 7) is 3.02. The van der Waals surface area contributed by atoms with Crippen LogP contribution in [0.3, 0.4) is 0 Å². The van der Waals surface area contributed by atoms with Crippen LogP contribution in [0.5, 0.6) is 0 Å².